The average molecular weight is 245 g/mol. The standard InChI is InChI=1S/C15H19NO2/c1-2-13-9-6-10-16(11-13)15(17)18-12-14-7-4-3-5-8-14/h2-5,7-8,13H,1,6,9-12H2/t13-/m0/s1. The van der Waals surface area contributed by atoms with Gasteiger partial charge in [-0.15, -0.1) is 6.58 Å². The van der Waals surface area contributed by atoms with Gasteiger partial charge in [-0.3, -0.25) is 0 Å². The van der Waals surface area contributed by atoms with Crippen LogP contribution in [-0.2, 0) is 11.3 Å². The van der Waals surface area contributed by atoms with E-state index in [4.69, 9.17) is 4.74 Å². The smallest absolute Gasteiger partial charge is 0.410 e. The molecular weight excluding hydrogens is 226 g/mol. The number of hydrogen-bond acceptors (Lipinski definition) is 2. The number of ether oxygens (including phenoxy) is 1. The lowest BCUT2D eigenvalue weighted by Crippen LogP contribution is -2.39. The van der Waals surface area contributed by atoms with Gasteiger partial charge in [0.2, 0.25) is 0 Å². The fraction of sp³-hybridized carbons (Fsp3) is 0.400. The third-order valence-electron chi connectivity index (χ3n) is 3.25. The first-order valence-electron chi connectivity index (χ1n) is 6.38. The molecule has 3 nitrogen and oxygen atoms in total. The number of amides is 1. The summed E-state index contributed by atoms with van der Waals surface area (Å²) in [5.74, 6) is 0.406. The van der Waals surface area contributed by atoms with E-state index in [1.807, 2.05) is 36.4 Å². The van der Waals surface area contributed by atoms with Crippen molar-refractivity contribution in [1.29, 1.82) is 0 Å². The predicted molar refractivity (Wildman–Crippen MR) is 71.1 cm³/mol. The fourth-order valence-corrected chi connectivity index (χ4v) is 2.18. The highest BCUT2D eigenvalue weighted by molar-refractivity contribution is 5.67. The highest BCUT2D eigenvalue weighted by atomic mass is 16.6. The van der Waals surface area contributed by atoms with Crippen LogP contribution in [0.3, 0.4) is 0 Å². The zero-order valence-electron chi connectivity index (χ0n) is 10.5. The highest BCUT2D eigenvalue weighted by Crippen LogP contribution is 2.18. The van der Waals surface area contributed by atoms with Crippen LogP contribution in [-0.4, -0.2) is 24.1 Å². The van der Waals surface area contributed by atoms with E-state index >= 15 is 0 Å². The molecular formula is C15H19NO2. The fourth-order valence-electron chi connectivity index (χ4n) is 2.18. The minimum Gasteiger partial charge on any atom is -0.445 e. The number of piperidine rings is 1. The molecule has 1 fully saturated rings. The second-order valence-electron chi connectivity index (χ2n) is 4.62. The summed E-state index contributed by atoms with van der Waals surface area (Å²) in [6.45, 7) is 5.66. The summed E-state index contributed by atoms with van der Waals surface area (Å²) in [5, 5.41) is 0. The van der Waals surface area contributed by atoms with Gasteiger partial charge in [-0.2, -0.15) is 0 Å². The lowest BCUT2D eigenvalue weighted by atomic mass is 9.99. The summed E-state index contributed by atoms with van der Waals surface area (Å²) in [4.78, 5) is 13.7. The van der Waals surface area contributed by atoms with Gasteiger partial charge in [0.05, 0.1) is 0 Å². The lowest BCUT2D eigenvalue weighted by Gasteiger charge is -2.30. The number of hydrogen-bond donors (Lipinski definition) is 0. The molecule has 1 aromatic carbocycles. The van der Waals surface area contributed by atoms with Gasteiger partial charge in [-0.25, -0.2) is 4.79 Å². The maximum Gasteiger partial charge on any atom is 0.410 e. The molecule has 1 atom stereocenters. The normalized spacial score (nSPS) is 19.3. The van der Waals surface area contributed by atoms with Gasteiger partial charge in [0.15, 0.2) is 0 Å². The SMILES string of the molecule is C=C[C@H]1CCCN(C(=O)OCc2ccccc2)C1. The van der Waals surface area contributed by atoms with Crippen molar-refractivity contribution in [2.45, 2.75) is 19.4 Å². The van der Waals surface area contributed by atoms with Crippen LogP contribution in [0.2, 0.25) is 0 Å². The monoisotopic (exact) mass is 245 g/mol. The second-order valence-corrected chi connectivity index (χ2v) is 4.62. The van der Waals surface area contributed by atoms with Crippen molar-refractivity contribution >= 4 is 6.09 Å². The lowest BCUT2D eigenvalue weighted by molar-refractivity contribution is 0.0836. The minimum absolute atomic E-state index is 0.217. The third-order valence-corrected chi connectivity index (χ3v) is 3.25. The number of carbonyl (C=O) groups is 1. The summed E-state index contributed by atoms with van der Waals surface area (Å²) >= 11 is 0. The minimum atomic E-state index is -0.217. The number of nitrogens with zero attached hydrogens (tertiary/aromatic N) is 1. The van der Waals surface area contributed by atoms with Crippen LogP contribution in [0, 0.1) is 5.92 Å². The summed E-state index contributed by atoms with van der Waals surface area (Å²) in [5.41, 5.74) is 1.02. The molecule has 18 heavy (non-hydrogen) atoms. The van der Waals surface area contributed by atoms with Crippen LogP contribution in [0.25, 0.3) is 0 Å². The summed E-state index contributed by atoms with van der Waals surface area (Å²) < 4.78 is 5.31. The molecule has 1 heterocycles. The molecule has 0 saturated carbocycles. The Morgan fingerprint density at radius 1 is 1.44 bits per heavy atom. The van der Waals surface area contributed by atoms with Crippen LogP contribution >= 0.6 is 0 Å². The van der Waals surface area contributed by atoms with Gasteiger partial charge in [0.1, 0.15) is 6.61 Å². The molecule has 0 bridgehead atoms. The van der Waals surface area contributed by atoms with Gasteiger partial charge in [-0.1, -0.05) is 36.4 Å². The summed E-state index contributed by atoms with van der Waals surface area (Å²) in [6.07, 6.45) is 3.85. The van der Waals surface area contributed by atoms with E-state index in [1.165, 1.54) is 0 Å². The van der Waals surface area contributed by atoms with Crippen molar-refractivity contribution in [2.24, 2.45) is 5.92 Å². The first-order valence-corrected chi connectivity index (χ1v) is 6.38. The Morgan fingerprint density at radius 3 is 2.94 bits per heavy atom. The maximum absolute atomic E-state index is 11.9. The number of rotatable bonds is 3. The van der Waals surface area contributed by atoms with Gasteiger partial charge in [0.25, 0.3) is 0 Å². The first kappa shape index (κ1) is 12.7. The molecule has 2 rings (SSSR count). The van der Waals surface area contributed by atoms with Crippen molar-refractivity contribution in [3.63, 3.8) is 0 Å². The van der Waals surface area contributed by atoms with Gasteiger partial charge in [0, 0.05) is 13.1 Å². The topological polar surface area (TPSA) is 29.5 Å². The van der Waals surface area contributed by atoms with E-state index in [-0.39, 0.29) is 6.09 Å². The summed E-state index contributed by atoms with van der Waals surface area (Å²) in [7, 11) is 0. The molecule has 0 spiro atoms. The highest BCUT2D eigenvalue weighted by Gasteiger charge is 2.22. The largest absolute Gasteiger partial charge is 0.445 e. The molecule has 1 aliphatic rings. The third kappa shape index (κ3) is 3.36. The Hall–Kier alpha value is -1.77. The zero-order valence-corrected chi connectivity index (χ0v) is 10.5. The van der Waals surface area contributed by atoms with Crippen LogP contribution < -0.4 is 0 Å². The van der Waals surface area contributed by atoms with Crippen molar-refractivity contribution < 1.29 is 9.53 Å². The number of likely N-dealkylation sites (tertiary alicyclic amines) is 1. The molecule has 1 aliphatic heterocycles. The Kier molecular flexibility index (Phi) is 4.40. The Bertz CT molecular complexity index is 402. The maximum atomic E-state index is 11.9. The van der Waals surface area contributed by atoms with Crippen molar-refractivity contribution in [3.05, 3.63) is 48.6 Å². The molecule has 1 amide bonds. The number of carbonyl (C=O) groups excluding carboxylic acids is 1. The van der Waals surface area contributed by atoms with Gasteiger partial charge in [-0.05, 0) is 24.3 Å². The van der Waals surface area contributed by atoms with Crippen LogP contribution in [0.1, 0.15) is 18.4 Å². The quantitative estimate of drug-likeness (QED) is 0.765. The van der Waals surface area contributed by atoms with E-state index in [9.17, 15) is 4.79 Å². The molecule has 96 valence electrons. The van der Waals surface area contributed by atoms with Crippen molar-refractivity contribution in [3.8, 4) is 0 Å². The van der Waals surface area contributed by atoms with Crippen molar-refractivity contribution in [1.82, 2.24) is 4.90 Å². The molecule has 0 unspecified atom stereocenters. The van der Waals surface area contributed by atoms with Gasteiger partial charge < -0.3 is 9.64 Å². The first-order chi connectivity index (χ1) is 8.79. The Balaban J connectivity index is 1.82. The van der Waals surface area contributed by atoms with Crippen LogP contribution in [0.5, 0.6) is 0 Å². The molecule has 1 saturated heterocycles. The molecule has 0 aromatic heterocycles. The molecule has 0 radical (unpaired) electrons. The van der Waals surface area contributed by atoms with E-state index in [1.54, 1.807) is 4.90 Å². The van der Waals surface area contributed by atoms with Crippen LogP contribution in [0.15, 0.2) is 43.0 Å². The zero-order chi connectivity index (χ0) is 12.8. The van der Waals surface area contributed by atoms with E-state index in [0.29, 0.717) is 12.5 Å². The Morgan fingerprint density at radius 2 is 2.22 bits per heavy atom. The van der Waals surface area contributed by atoms with E-state index in [0.717, 1.165) is 31.5 Å². The predicted octanol–water partition coefficient (Wildman–Crippen LogP) is 3.22. The van der Waals surface area contributed by atoms with Crippen LogP contribution in [0.4, 0.5) is 4.79 Å². The molecule has 0 aliphatic carbocycles. The molecule has 3 heteroatoms. The summed E-state index contributed by atoms with van der Waals surface area (Å²) in [6, 6.07) is 9.74. The second kappa shape index (κ2) is 6.24. The molecule has 1 aromatic rings. The van der Waals surface area contributed by atoms with Crippen molar-refractivity contribution in [2.75, 3.05) is 13.1 Å². The molecule has 0 N–H and O–H groups in total. The van der Waals surface area contributed by atoms with Gasteiger partial charge >= 0.3 is 6.09 Å². The average Bonchev–Trinajstić information content (AvgIpc) is 2.46. The van der Waals surface area contributed by atoms with E-state index in [2.05, 4.69) is 6.58 Å². The van der Waals surface area contributed by atoms with E-state index < -0.39 is 0 Å². The Labute approximate surface area is 108 Å². The number of benzene rings is 1.